The number of imide groups is 1. The van der Waals surface area contributed by atoms with E-state index in [0.717, 1.165) is 38.5 Å². The van der Waals surface area contributed by atoms with Crippen molar-refractivity contribution in [3.8, 4) is 0 Å². The van der Waals surface area contributed by atoms with Gasteiger partial charge in [0.15, 0.2) is 0 Å². The van der Waals surface area contributed by atoms with Gasteiger partial charge in [0.05, 0.1) is 5.41 Å². The number of likely N-dealkylation sites (tertiary alicyclic amines) is 1. The summed E-state index contributed by atoms with van der Waals surface area (Å²) in [5.41, 5.74) is 5.10. The van der Waals surface area contributed by atoms with Crippen molar-refractivity contribution in [2.45, 2.75) is 44.9 Å². The van der Waals surface area contributed by atoms with Crippen LogP contribution in [0.3, 0.4) is 0 Å². The maximum atomic E-state index is 12.2. The van der Waals surface area contributed by atoms with E-state index >= 15 is 0 Å². The third-order valence-corrected chi connectivity index (χ3v) is 3.89. The summed E-state index contributed by atoms with van der Waals surface area (Å²) in [6.07, 6.45) is 6.17. The molecule has 1 spiro atoms. The largest absolute Gasteiger partial charge is 0.330 e. The van der Waals surface area contributed by atoms with Crippen molar-refractivity contribution in [2.24, 2.45) is 11.1 Å². The van der Waals surface area contributed by atoms with E-state index in [1.165, 1.54) is 4.90 Å². The molecule has 0 radical (unpaired) electrons. The van der Waals surface area contributed by atoms with E-state index in [1.54, 1.807) is 0 Å². The minimum Gasteiger partial charge on any atom is -0.330 e. The minimum atomic E-state index is -0.306. The van der Waals surface area contributed by atoms with Crippen LogP contribution in [-0.4, -0.2) is 29.8 Å². The average Bonchev–Trinajstić information content (AvgIpc) is 2.80. The van der Waals surface area contributed by atoms with Crippen LogP contribution in [0.25, 0.3) is 0 Å². The molecule has 2 N–H and O–H groups in total. The quantitative estimate of drug-likeness (QED) is 0.573. The number of nitrogens with two attached hydrogens (primary N) is 1. The normalized spacial score (nSPS) is 23.7. The molecule has 0 unspecified atom stereocenters. The van der Waals surface area contributed by atoms with Gasteiger partial charge in [0.1, 0.15) is 0 Å². The summed E-state index contributed by atoms with van der Waals surface area (Å²) < 4.78 is 0. The number of carbonyl (C=O) groups is 2. The Hall–Kier alpha value is -0.900. The first-order chi connectivity index (χ1) is 7.69. The van der Waals surface area contributed by atoms with Gasteiger partial charge < -0.3 is 5.73 Å². The van der Waals surface area contributed by atoms with Crippen molar-refractivity contribution in [2.75, 3.05) is 13.1 Å². The molecule has 4 heteroatoms. The second kappa shape index (κ2) is 4.53. The number of rotatable bonds is 4. The Balaban J connectivity index is 1.99. The van der Waals surface area contributed by atoms with Crippen LogP contribution in [0.4, 0.5) is 0 Å². The fourth-order valence-corrected chi connectivity index (χ4v) is 2.94. The minimum absolute atomic E-state index is 0.0314. The molecule has 0 aromatic rings. The number of amides is 2. The van der Waals surface area contributed by atoms with Crippen LogP contribution in [0, 0.1) is 5.41 Å². The lowest BCUT2D eigenvalue weighted by molar-refractivity contribution is -0.141. The van der Waals surface area contributed by atoms with Gasteiger partial charge in [-0.1, -0.05) is 12.8 Å². The van der Waals surface area contributed by atoms with Crippen LogP contribution in [0.2, 0.25) is 0 Å². The molecule has 0 aromatic heterocycles. The zero-order valence-electron chi connectivity index (χ0n) is 9.71. The molecule has 2 fully saturated rings. The van der Waals surface area contributed by atoms with Gasteiger partial charge in [-0.25, -0.2) is 0 Å². The second-order valence-electron chi connectivity index (χ2n) is 5.01. The Morgan fingerprint density at radius 1 is 1.19 bits per heavy atom. The van der Waals surface area contributed by atoms with Crippen molar-refractivity contribution in [1.29, 1.82) is 0 Å². The van der Waals surface area contributed by atoms with Crippen molar-refractivity contribution in [3.05, 3.63) is 0 Å². The van der Waals surface area contributed by atoms with Crippen LogP contribution in [0.5, 0.6) is 0 Å². The van der Waals surface area contributed by atoms with Crippen LogP contribution in [0.1, 0.15) is 44.9 Å². The monoisotopic (exact) mass is 224 g/mol. The Morgan fingerprint density at radius 3 is 2.50 bits per heavy atom. The molecule has 0 aromatic carbocycles. The molecule has 1 saturated heterocycles. The zero-order chi connectivity index (χ0) is 11.6. The van der Waals surface area contributed by atoms with Crippen LogP contribution < -0.4 is 5.73 Å². The van der Waals surface area contributed by atoms with Gasteiger partial charge in [0.2, 0.25) is 11.8 Å². The van der Waals surface area contributed by atoms with E-state index < -0.39 is 0 Å². The maximum absolute atomic E-state index is 12.2. The van der Waals surface area contributed by atoms with Gasteiger partial charge >= 0.3 is 0 Å². The Labute approximate surface area is 96.2 Å². The van der Waals surface area contributed by atoms with Crippen molar-refractivity contribution in [3.63, 3.8) is 0 Å². The third-order valence-electron chi connectivity index (χ3n) is 3.89. The summed E-state index contributed by atoms with van der Waals surface area (Å²) in [6.45, 7) is 1.19. The molecule has 1 aliphatic carbocycles. The Kier molecular flexibility index (Phi) is 3.28. The van der Waals surface area contributed by atoms with Gasteiger partial charge in [-0.05, 0) is 32.2 Å². The molecule has 1 saturated carbocycles. The van der Waals surface area contributed by atoms with Gasteiger partial charge in [0, 0.05) is 13.0 Å². The van der Waals surface area contributed by atoms with E-state index in [4.69, 9.17) is 5.73 Å². The van der Waals surface area contributed by atoms with E-state index in [1.807, 2.05) is 0 Å². The van der Waals surface area contributed by atoms with Gasteiger partial charge in [0.25, 0.3) is 0 Å². The molecule has 0 atom stereocenters. The highest BCUT2D eigenvalue weighted by molar-refractivity contribution is 6.06. The van der Waals surface area contributed by atoms with Crippen molar-refractivity contribution >= 4 is 11.8 Å². The predicted octanol–water partition coefficient (Wildman–Crippen LogP) is 1.04. The van der Waals surface area contributed by atoms with E-state index in [2.05, 4.69) is 0 Å². The van der Waals surface area contributed by atoms with Gasteiger partial charge in [-0.2, -0.15) is 0 Å². The van der Waals surface area contributed by atoms with Gasteiger partial charge in [-0.15, -0.1) is 0 Å². The number of hydrogen-bond donors (Lipinski definition) is 1. The molecule has 0 bridgehead atoms. The fourth-order valence-electron chi connectivity index (χ4n) is 2.94. The SMILES string of the molecule is NCCCCN1C(=O)CC2(CCCC2)C1=O. The Bertz CT molecular complexity index is 295. The lowest BCUT2D eigenvalue weighted by Gasteiger charge is -2.20. The molecular weight excluding hydrogens is 204 g/mol. The van der Waals surface area contributed by atoms with E-state index in [0.29, 0.717) is 19.5 Å². The van der Waals surface area contributed by atoms with Gasteiger partial charge in [-0.3, -0.25) is 14.5 Å². The van der Waals surface area contributed by atoms with Crippen LogP contribution in [0.15, 0.2) is 0 Å². The predicted molar refractivity (Wildman–Crippen MR) is 60.5 cm³/mol. The smallest absolute Gasteiger partial charge is 0.235 e. The summed E-state index contributed by atoms with van der Waals surface area (Å²) in [5, 5.41) is 0. The molecule has 2 aliphatic rings. The van der Waals surface area contributed by atoms with Crippen LogP contribution >= 0.6 is 0 Å². The standard InChI is InChI=1S/C12H20N2O2/c13-7-3-4-8-14-10(15)9-12(11(14)16)5-1-2-6-12/h1-9,13H2. The summed E-state index contributed by atoms with van der Waals surface area (Å²) in [5.74, 6) is 0.121. The van der Waals surface area contributed by atoms with Crippen molar-refractivity contribution < 1.29 is 9.59 Å². The zero-order valence-corrected chi connectivity index (χ0v) is 9.71. The number of nitrogens with zero attached hydrogens (tertiary/aromatic N) is 1. The lowest BCUT2D eigenvalue weighted by atomic mass is 9.84. The number of hydrogen-bond acceptors (Lipinski definition) is 3. The first-order valence-electron chi connectivity index (χ1n) is 6.24. The molecule has 16 heavy (non-hydrogen) atoms. The maximum Gasteiger partial charge on any atom is 0.235 e. The summed E-state index contributed by atoms with van der Waals surface area (Å²) in [6, 6.07) is 0. The Morgan fingerprint density at radius 2 is 1.88 bits per heavy atom. The van der Waals surface area contributed by atoms with Crippen LogP contribution in [-0.2, 0) is 9.59 Å². The first kappa shape index (κ1) is 11.6. The molecule has 90 valence electrons. The first-order valence-corrected chi connectivity index (χ1v) is 6.24. The molecule has 1 aliphatic heterocycles. The summed E-state index contributed by atoms with van der Waals surface area (Å²) in [4.78, 5) is 25.5. The molecular formula is C12H20N2O2. The van der Waals surface area contributed by atoms with E-state index in [-0.39, 0.29) is 17.2 Å². The number of carbonyl (C=O) groups excluding carboxylic acids is 2. The molecule has 2 amide bonds. The second-order valence-corrected chi connectivity index (χ2v) is 5.01. The van der Waals surface area contributed by atoms with E-state index in [9.17, 15) is 9.59 Å². The summed E-state index contributed by atoms with van der Waals surface area (Å²) >= 11 is 0. The van der Waals surface area contributed by atoms with Crippen molar-refractivity contribution in [1.82, 2.24) is 4.90 Å². The highest BCUT2D eigenvalue weighted by atomic mass is 16.2. The molecule has 2 rings (SSSR count). The molecule has 4 nitrogen and oxygen atoms in total. The highest BCUT2D eigenvalue weighted by Crippen LogP contribution is 2.46. The lowest BCUT2D eigenvalue weighted by Crippen LogP contribution is -2.35. The highest BCUT2D eigenvalue weighted by Gasteiger charge is 2.52. The number of unbranched alkanes of at least 4 members (excludes halogenated alkanes) is 1. The average molecular weight is 224 g/mol. The molecule has 1 heterocycles. The topological polar surface area (TPSA) is 63.4 Å². The third kappa shape index (κ3) is 1.86. The fraction of sp³-hybridized carbons (Fsp3) is 0.833. The summed E-state index contributed by atoms with van der Waals surface area (Å²) in [7, 11) is 0.